The van der Waals surface area contributed by atoms with Crippen LogP contribution in [0.25, 0.3) is 0 Å². The molecule has 0 radical (unpaired) electrons. The fraction of sp³-hybridized carbons (Fsp3) is 0.280. The molecule has 4 rings (SSSR count). The summed E-state index contributed by atoms with van der Waals surface area (Å²) in [5.74, 6) is -0.446. The van der Waals surface area contributed by atoms with Gasteiger partial charge in [-0.15, -0.1) is 11.8 Å². The zero-order valence-corrected chi connectivity index (χ0v) is 20.8. The van der Waals surface area contributed by atoms with Crippen molar-refractivity contribution < 1.29 is 17.6 Å². The lowest BCUT2D eigenvalue weighted by atomic mass is 10.00. The van der Waals surface area contributed by atoms with Crippen molar-refractivity contribution in [3.05, 3.63) is 87.6 Å². The van der Waals surface area contributed by atoms with Crippen LogP contribution in [-0.4, -0.2) is 43.9 Å². The highest BCUT2D eigenvalue weighted by molar-refractivity contribution is 8.03. The van der Waals surface area contributed by atoms with Crippen LogP contribution < -0.4 is 10.0 Å². The third-order valence-electron chi connectivity index (χ3n) is 5.63. The van der Waals surface area contributed by atoms with Gasteiger partial charge in [-0.2, -0.15) is 5.26 Å². The van der Waals surface area contributed by atoms with Crippen molar-refractivity contribution in [2.24, 2.45) is 0 Å². The predicted octanol–water partition coefficient (Wildman–Crippen LogP) is 3.54. The van der Waals surface area contributed by atoms with Crippen molar-refractivity contribution >= 4 is 33.4 Å². The minimum atomic E-state index is -3.36. The molecule has 0 aromatic heterocycles. The van der Waals surface area contributed by atoms with Crippen LogP contribution in [0.5, 0.6) is 0 Å². The smallest absolute Gasteiger partial charge is 0.229 e. The summed E-state index contributed by atoms with van der Waals surface area (Å²) in [6.45, 7) is 2.00. The van der Waals surface area contributed by atoms with E-state index >= 15 is 0 Å². The number of anilines is 1. The van der Waals surface area contributed by atoms with E-state index < -0.39 is 10.0 Å². The van der Waals surface area contributed by atoms with Crippen LogP contribution in [0, 0.1) is 17.1 Å². The molecule has 35 heavy (non-hydrogen) atoms. The van der Waals surface area contributed by atoms with E-state index in [0.29, 0.717) is 24.4 Å². The molecule has 1 amide bonds. The normalized spacial score (nSPS) is 18.3. The minimum absolute atomic E-state index is 0.138. The second-order valence-corrected chi connectivity index (χ2v) is 11.5. The average Bonchev–Trinajstić information content (AvgIpc) is 2.79. The van der Waals surface area contributed by atoms with E-state index in [1.165, 1.54) is 12.1 Å². The quantitative estimate of drug-likeness (QED) is 0.589. The molecule has 0 aliphatic carbocycles. The Morgan fingerprint density at radius 3 is 2.69 bits per heavy atom. The number of nitriles is 1. The predicted molar refractivity (Wildman–Crippen MR) is 135 cm³/mol. The van der Waals surface area contributed by atoms with Gasteiger partial charge in [-0.1, -0.05) is 24.3 Å². The first-order valence-corrected chi connectivity index (χ1v) is 13.8. The standard InChI is InChI=1S/C25H25FN4O3S2/c1-35(32,33)29-21-7-5-17(6-8-21)12-24(31)28-25-13-19(14-27)22-16-30(10-9-23(22)34-25)15-18-3-2-4-20(26)11-18/h2-8,11,13,25,29H,9-10,12,15-16H2,1H3,(H,28,31). The number of amides is 1. The summed E-state index contributed by atoms with van der Waals surface area (Å²) in [5.41, 5.74) is 3.61. The Morgan fingerprint density at radius 1 is 1.23 bits per heavy atom. The Bertz CT molecular complexity index is 1330. The lowest BCUT2D eigenvalue weighted by molar-refractivity contribution is -0.120. The maximum Gasteiger partial charge on any atom is 0.229 e. The fourth-order valence-corrected chi connectivity index (χ4v) is 5.90. The Kier molecular flexibility index (Phi) is 7.60. The molecule has 0 fully saturated rings. The van der Waals surface area contributed by atoms with Crippen molar-refractivity contribution in [2.45, 2.75) is 24.8 Å². The van der Waals surface area contributed by atoms with Crippen LogP contribution in [-0.2, 0) is 27.8 Å². The third-order valence-corrected chi connectivity index (χ3v) is 7.48. The van der Waals surface area contributed by atoms with Crippen LogP contribution in [0.2, 0.25) is 0 Å². The Balaban J connectivity index is 1.36. The number of hydrogen-bond acceptors (Lipinski definition) is 6. The molecule has 182 valence electrons. The maximum absolute atomic E-state index is 13.5. The minimum Gasteiger partial charge on any atom is -0.340 e. The average molecular weight is 513 g/mol. The van der Waals surface area contributed by atoms with Crippen LogP contribution in [0.1, 0.15) is 17.5 Å². The van der Waals surface area contributed by atoms with Crippen LogP contribution in [0.3, 0.4) is 0 Å². The summed E-state index contributed by atoms with van der Waals surface area (Å²) < 4.78 is 38.6. The van der Waals surface area contributed by atoms with Gasteiger partial charge >= 0.3 is 0 Å². The van der Waals surface area contributed by atoms with Gasteiger partial charge in [0.1, 0.15) is 5.82 Å². The molecule has 0 saturated heterocycles. The van der Waals surface area contributed by atoms with Crippen LogP contribution >= 0.6 is 11.8 Å². The van der Waals surface area contributed by atoms with Crippen molar-refractivity contribution in [1.82, 2.24) is 10.2 Å². The molecular formula is C25H25FN4O3S2. The summed E-state index contributed by atoms with van der Waals surface area (Å²) in [4.78, 5) is 15.9. The van der Waals surface area contributed by atoms with Gasteiger partial charge in [-0.05, 0) is 58.4 Å². The summed E-state index contributed by atoms with van der Waals surface area (Å²) in [7, 11) is -3.36. The Labute approximate surface area is 208 Å². The van der Waals surface area contributed by atoms with Gasteiger partial charge in [0.05, 0.1) is 29.7 Å². The first-order chi connectivity index (χ1) is 16.7. The molecule has 7 nitrogen and oxygen atoms in total. The highest BCUT2D eigenvalue weighted by Gasteiger charge is 2.28. The number of thioether (sulfide) groups is 1. The van der Waals surface area contributed by atoms with E-state index in [4.69, 9.17) is 0 Å². The van der Waals surface area contributed by atoms with Gasteiger partial charge in [0.2, 0.25) is 15.9 Å². The van der Waals surface area contributed by atoms with E-state index in [1.54, 1.807) is 48.2 Å². The van der Waals surface area contributed by atoms with Gasteiger partial charge in [0.15, 0.2) is 0 Å². The van der Waals surface area contributed by atoms with E-state index in [9.17, 15) is 22.9 Å². The molecular weight excluding hydrogens is 487 g/mol. The summed E-state index contributed by atoms with van der Waals surface area (Å²) in [6, 6.07) is 15.4. The molecule has 0 bridgehead atoms. The Hall–Kier alpha value is -3.13. The zero-order chi connectivity index (χ0) is 25.0. The highest BCUT2D eigenvalue weighted by Crippen LogP contribution is 2.39. The first-order valence-electron chi connectivity index (χ1n) is 11.0. The second kappa shape index (κ2) is 10.6. The molecule has 0 saturated carbocycles. The molecule has 1 atom stereocenters. The maximum atomic E-state index is 13.5. The van der Waals surface area contributed by atoms with E-state index in [2.05, 4.69) is 21.0 Å². The molecule has 2 N–H and O–H groups in total. The number of halogens is 1. The largest absolute Gasteiger partial charge is 0.340 e. The zero-order valence-electron chi connectivity index (χ0n) is 19.1. The topological polar surface area (TPSA) is 102 Å². The number of sulfonamides is 1. The highest BCUT2D eigenvalue weighted by atomic mass is 32.2. The molecule has 2 aliphatic rings. The molecule has 10 heteroatoms. The number of hydrogen-bond donors (Lipinski definition) is 2. The van der Waals surface area contributed by atoms with Crippen molar-refractivity contribution in [3.8, 4) is 6.07 Å². The second-order valence-electron chi connectivity index (χ2n) is 8.54. The first kappa shape index (κ1) is 25.0. The van der Waals surface area contributed by atoms with E-state index in [1.807, 2.05) is 6.07 Å². The molecule has 2 aromatic carbocycles. The SMILES string of the molecule is CS(=O)(=O)Nc1ccc(CC(=O)NC2C=C(C#N)C3=C(CCN(Cc4cccc(F)c4)C3)S2)cc1. The molecule has 2 heterocycles. The van der Waals surface area contributed by atoms with Gasteiger partial charge < -0.3 is 5.32 Å². The number of benzene rings is 2. The monoisotopic (exact) mass is 512 g/mol. The molecule has 0 spiro atoms. The van der Waals surface area contributed by atoms with E-state index in [0.717, 1.165) is 40.8 Å². The molecule has 2 aliphatic heterocycles. The van der Waals surface area contributed by atoms with Crippen molar-refractivity contribution in [2.75, 3.05) is 24.1 Å². The molecule has 1 unspecified atom stereocenters. The number of carbonyl (C=O) groups excluding carboxylic acids is 1. The number of carbonyl (C=O) groups is 1. The van der Waals surface area contributed by atoms with Crippen molar-refractivity contribution in [1.29, 1.82) is 5.26 Å². The van der Waals surface area contributed by atoms with Gasteiger partial charge in [0, 0.05) is 25.3 Å². The lowest BCUT2D eigenvalue weighted by Gasteiger charge is -2.34. The Morgan fingerprint density at radius 2 is 2.00 bits per heavy atom. The molecule has 2 aromatic rings. The lowest BCUT2D eigenvalue weighted by Crippen LogP contribution is -2.37. The van der Waals surface area contributed by atoms with Crippen LogP contribution in [0.15, 0.2) is 70.7 Å². The van der Waals surface area contributed by atoms with Gasteiger partial charge in [-0.25, -0.2) is 12.8 Å². The van der Waals surface area contributed by atoms with E-state index in [-0.39, 0.29) is 23.5 Å². The number of nitrogens with one attached hydrogen (secondary N) is 2. The summed E-state index contributed by atoms with van der Waals surface area (Å²) >= 11 is 1.55. The van der Waals surface area contributed by atoms with Crippen LogP contribution in [0.4, 0.5) is 10.1 Å². The third kappa shape index (κ3) is 6.94. The van der Waals surface area contributed by atoms with Crippen molar-refractivity contribution in [3.63, 3.8) is 0 Å². The summed E-state index contributed by atoms with van der Waals surface area (Å²) in [6.07, 6.45) is 3.76. The number of nitrogens with zero attached hydrogens (tertiary/aromatic N) is 2. The van der Waals surface area contributed by atoms with Gasteiger partial charge in [-0.3, -0.25) is 14.4 Å². The summed E-state index contributed by atoms with van der Waals surface area (Å²) in [5, 5.41) is 12.4. The fourth-order valence-electron chi connectivity index (χ4n) is 4.11. The number of rotatable bonds is 7. The van der Waals surface area contributed by atoms with Gasteiger partial charge in [0.25, 0.3) is 0 Å².